The summed E-state index contributed by atoms with van der Waals surface area (Å²) < 4.78 is 10.9. The molecule has 10 nitrogen and oxygen atoms in total. The van der Waals surface area contributed by atoms with Gasteiger partial charge in [-0.3, -0.25) is 24.2 Å². The molecule has 3 heterocycles. The molecule has 1 atom stereocenters. The summed E-state index contributed by atoms with van der Waals surface area (Å²) >= 11 is 5.98. The summed E-state index contributed by atoms with van der Waals surface area (Å²) in [4.78, 5) is 44.4. The van der Waals surface area contributed by atoms with Crippen LogP contribution in [-0.4, -0.2) is 91.1 Å². The van der Waals surface area contributed by atoms with Crippen LogP contribution < -0.4 is 20.1 Å². The largest absolute Gasteiger partial charge is 0.454 e. The van der Waals surface area contributed by atoms with Crippen LogP contribution in [0.5, 0.6) is 11.5 Å². The number of hydrogen-bond donors (Lipinski definition) is 2. The van der Waals surface area contributed by atoms with E-state index in [0.717, 1.165) is 49.8 Å². The highest BCUT2D eigenvalue weighted by Gasteiger charge is 2.35. The van der Waals surface area contributed by atoms with Gasteiger partial charge in [-0.2, -0.15) is 0 Å². The van der Waals surface area contributed by atoms with E-state index in [0.29, 0.717) is 23.8 Å². The fourth-order valence-corrected chi connectivity index (χ4v) is 5.05. The van der Waals surface area contributed by atoms with E-state index in [1.165, 1.54) is 4.90 Å². The second kappa shape index (κ2) is 11.4. The average molecular weight is 528 g/mol. The summed E-state index contributed by atoms with van der Waals surface area (Å²) in [5.74, 6) is 0.759. The molecule has 0 saturated carbocycles. The van der Waals surface area contributed by atoms with Crippen LogP contribution in [0.4, 0.5) is 5.69 Å². The van der Waals surface area contributed by atoms with Crippen LogP contribution >= 0.6 is 11.6 Å². The Kier molecular flexibility index (Phi) is 7.78. The number of carbonyl (C=O) groups is 3. The SMILES string of the molecule is O=C(C[C@@H]1C(=O)NCCN1C(=O)CN1CCN(Cc2ccc3c(c2)OCO3)CC1)Nc1cccc(Cl)c1. The topological polar surface area (TPSA) is 103 Å². The van der Waals surface area contributed by atoms with Gasteiger partial charge in [0.1, 0.15) is 6.04 Å². The third kappa shape index (κ3) is 6.33. The van der Waals surface area contributed by atoms with Crippen LogP contribution in [0.3, 0.4) is 0 Å². The normalized spacial score (nSPS) is 20.0. The molecule has 0 unspecified atom stereocenters. The zero-order valence-electron chi connectivity index (χ0n) is 20.5. The summed E-state index contributed by atoms with van der Waals surface area (Å²) in [6.07, 6.45) is -0.118. The first-order valence-corrected chi connectivity index (χ1v) is 12.8. The molecule has 2 aromatic carbocycles. The van der Waals surface area contributed by atoms with E-state index in [1.54, 1.807) is 24.3 Å². The van der Waals surface area contributed by atoms with Gasteiger partial charge in [-0.05, 0) is 35.9 Å². The summed E-state index contributed by atoms with van der Waals surface area (Å²) in [5, 5.41) is 6.03. The van der Waals surface area contributed by atoms with E-state index in [-0.39, 0.29) is 37.5 Å². The second-order valence-corrected chi connectivity index (χ2v) is 9.83. The number of anilines is 1. The molecule has 0 aromatic heterocycles. The van der Waals surface area contributed by atoms with Crippen LogP contribution in [0.15, 0.2) is 42.5 Å². The number of piperazine rings is 2. The summed E-state index contributed by atoms with van der Waals surface area (Å²) in [5.41, 5.74) is 1.71. The molecule has 0 bridgehead atoms. The van der Waals surface area contributed by atoms with E-state index in [9.17, 15) is 14.4 Å². The molecule has 3 aliphatic heterocycles. The van der Waals surface area contributed by atoms with E-state index >= 15 is 0 Å². The van der Waals surface area contributed by atoms with Crippen molar-refractivity contribution < 1.29 is 23.9 Å². The van der Waals surface area contributed by atoms with Gasteiger partial charge in [0.2, 0.25) is 24.5 Å². The van der Waals surface area contributed by atoms with Crippen LogP contribution in [-0.2, 0) is 20.9 Å². The molecule has 196 valence electrons. The summed E-state index contributed by atoms with van der Waals surface area (Å²) in [6.45, 7) is 5.18. The van der Waals surface area contributed by atoms with Crippen molar-refractivity contribution in [2.45, 2.75) is 19.0 Å². The summed E-state index contributed by atoms with van der Waals surface area (Å²) in [6, 6.07) is 12.0. The number of amides is 3. The fourth-order valence-electron chi connectivity index (χ4n) is 4.86. The first kappa shape index (κ1) is 25.3. The number of carbonyl (C=O) groups excluding carboxylic acids is 3. The highest BCUT2D eigenvalue weighted by molar-refractivity contribution is 6.30. The van der Waals surface area contributed by atoms with Crippen molar-refractivity contribution in [3.05, 3.63) is 53.1 Å². The molecule has 5 rings (SSSR count). The number of benzene rings is 2. The first-order chi connectivity index (χ1) is 17.9. The molecule has 2 saturated heterocycles. The van der Waals surface area contributed by atoms with Crippen molar-refractivity contribution >= 4 is 35.0 Å². The Hall–Kier alpha value is -3.34. The maximum absolute atomic E-state index is 13.2. The van der Waals surface area contributed by atoms with Crippen LogP contribution in [0.25, 0.3) is 0 Å². The lowest BCUT2D eigenvalue weighted by Gasteiger charge is -2.38. The maximum atomic E-state index is 13.2. The van der Waals surface area contributed by atoms with Gasteiger partial charge in [0, 0.05) is 56.5 Å². The van der Waals surface area contributed by atoms with Crippen LogP contribution in [0.1, 0.15) is 12.0 Å². The van der Waals surface area contributed by atoms with Gasteiger partial charge in [-0.1, -0.05) is 23.7 Å². The van der Waals surface area contributed by atoms with Crippen molar-refractivity contribution in [3.8, 4) is 11.5 Å². The molecule has 2 fully saturated rings. The molecule has 3 amide bonds. The Balaban J connectivity index is 1.12. The highest BCUT2D eigenvalue weighted by Crippen LogP contribution is 2.32. The van der Waals surface area contributed by atoms with Crippen molar-refractivity contribution in [1.29, 1.82) is 0 Å². The van der Waals surface area contributed by atoms with Gasteiger partial charge in [0.25, 0.3) is 0 Å². The Morgan fingerprint density at radius 3 is 2.59 bits per heavy atom. The zero-order valence-corrected chi connectivity index (χ0v) is 21.2. The Bertz CT molecular complexity index is 1170. The van der Waals surface area contributed by atoms with Gasteiger partial charge < -0.3 is 25.0 Å². The Labute approximate surface area is 220 Å². The second-order valence-electron chi connectivity index (χ2n) is 9.40. The average Bonchev–Trinajstić information content (AvgIpc) is 3.34. The van der Waals surface area contributed by atoms with Crippen molar-refractivity contribution in [2.24, 2.45) is 0 Å². The van der Waals surface area contributed by atoms with E-state index in [2.05, 4.69) is 20.4 Å². The highest BCUT2D eigenvalue weighted by atomic mass is 35.5. The number of hydrogen-bond acceptors (Lipinski definition) is 7. The first-order valence-electron chi connectivity index (χ1n) is 12.4. The Morgan fingerprint density at radius 1 is 1.00 bits per heavy atom. The molecule has 11 heteroatoms. The monoisotopic (exact) mass is 527 g/mol. The van der Waals surface area contributed by atoms with Crippen molar-refractivity contribution in [1.82, 2.24) is 20.0 Å². The number of fused-ring (bicyclic) bond motifs is 1. The van der Waals surface area contributed by atoms with Gasteiger partial charge in [-0.15, -0.1) is 0 Å². The quantitative estimate of drug-likeness (QED) is 0.563. The standard InChI is InChI=1S/C26H30ClN5O5/c27-19-2-1-3-20(13-19)29-24(33)14-21-26(35)28-6-7-32(21)25(34)16-31-10-8-30(9-11-31)15-18-4-5-22-23(12-18)37-17-36-22/h1-5,12-13,21H,6-11,14-17H2,(H,28,35)(H,29,33)/t21-/m1/s1. The van der Waals surface area contributed by atoms with E-state index < -0.39 is 6.04 Å². The minimum absolute atomic E-state index is 0.118. The lowest BCUT2D eigenvalue weighted by molar-refractivity contribution is -0.145. The van der Waals surface area contributed by atoms with Crippen LogP contribution in [0, 0.1) is 0 Å². The van der Waals surface area contributed by atoms with Gasteiger partial charge in [0.05, 0.1) is 13.0 Å². The molecule has 2 N–H and O–H groups in total. The van der Waals surface area contributed by atoms with Gasteiger partial charge in [0.15, 0.2) is 11.5 Å². The number of nitrogens with one attached hydrogen (secondary N) is 2. The van der Waals surface area contributed by atoms with Gasteiger partial charge >= 0.3 is 0 Å². The zero-order chi connectivity index (χ0) is 25.8. The fraction of sp³-hybridized carbons (Fsp3) is 0.423. The predicted octanol–water partition coefficient (Wildman–Crippen LogP) is 1.54. The van der Waals surface area contributed by atoms with E-state index in [4.69, 9.17) is 21.1 Å². The van der Waals surface area contributed by atoms with Crippen LogP contribution in [0.2, 0.25) is 5.02 Å². The molecule has 0 radical (unpaired) electrons. The lowest BCUT2D eigenvalue weighted by atomic mass is 10.1. The molecular formula is C26H30ClN5O5. The number of nitrogens with zero attached hydrogens (tertiary/aromatic N) is 3. The lowest BCUT2D eigenvalue weighted by Crippen LogP contribution is -2.60. The Morgan fingerprint density at radius 2 is 1.78 bits per heavy atom. The minimum Gasteiger partial charge on any atom is -0.454 e. The smallest absolute Gasteiger partial charge is 0.243 e. The number of halogens is 1. The third-order valence-electron chi connectivity index (χ3n) is 6.81. The van der Waals surface area contributed by atoms with Gasteiger partial charge in [-0.25, -0.2) is 0 Å². The molecule has 0 aliphatic carbocycles. The number of ether oxygens (including phenoxy) is 2. The van der Waals surface area contributed by atoms with Crippen molar-refractivity contribution in [3.63, 3.8) is 0 Å². The molecule has 3 aliphatic rings. The molecule has 2 aromatic rings. The molecular weight excluding hydrogens is 498 g/mol. The minimum atomic E-state index is -0.840. The third-order valence-corrected chi connectivity index (χ3v) is 7.04. The summed E-state index contributed by atoms with van der Waals surface area (Å²) in [7, 11) is 0. The van der Waals surface area contributed by atoms with E-state index in [1.807, 2.05) is 18.2 Å². The maximum Gasteiger partial charge on any atom is 0.243 e. The predicted molar refractivity (Wildman–Crippen MR) is 137 cm³/mol. The molecule has 0 spiro atoms. The number of rotatable bonds is 7. The molecule has 37 heavy (non-hydrogen) atoms. The van der Waals surface area contributed by atoms with Crippen molar-refractivity contribution in [2.75, 3.05) is 57.9 Å².